The SMILES string of the molecule is Cc1c(CN)cc(CC#N)nc1OC(F)(F)F. The number of nitrogens with zero attached hydrogens (tertiary/aromatic N) is 2. The predicted octanol–water partition coefficient (Wildman–Crippen LogP) is 1.81. The second-order valence-electron chi connectivity index (χ2n) is 3.29. The topological polar surface area (TPSA) is 71.9 Å². The van der Waals surface area contributed by atoms with Crippen LogP contribution in [0.2, 0.25) is 0 Å². The van der Waals surface area contributed by atoms with Gasteiger partial charge in [0.25, 0.3) is 0 Å². The van der Waals surface area contributed by atoms with Crippen LogP contribution in [0, 0.1) is 18.3 Å². The second-order valence-corrected chi connectivity index (χ2v) is 3.29. The maximum Gasteiger partial charge on any atom is 0.574 e. The smallest absolute Gasteiger partial charge is 0.388 e. The highest BCUT2D eigenvalue weighted by Gasteiger charge is 2.33. The molecule has 2 N–H and O–H groups in total. The summed E-state index contributed by atoms with van der Waals surface area (Å²) < 4.78 is 40.1. The summed E-state index contributed by atoms with van der Waals surface area (Å²) >= 11 is 0. The highest BCUT2D eigenvalue weighted by molar-refractivity contribution is 5.36. The molecule has 4 nitrogen and oxygen atoms in total. The van der Waals surface area contributed by atoms with Crippen LogP contribution < -0.4 is 10.5 Å². The summed E-state index contributed by atoms with van der Waals surface area (Å²) in [5, 5.41) is 8.49. The fraction of sp³-hybridized carbons (Fsp3) is 0.400. The van der Waals surface area contributed by atoms with Crippen LogP contribution in [0.25, 0.3) is 0 Å². The van der Waals surface area contributed by atoms with Crippen molar-refractivity contribution in [3.63, 3.8) is 0 Å². The quantitative estimate of drug-likeness (QED) is 0.881. The van der Waals surface area contributed by atoms with Crippen molar-refractivity contribution in [3.05, 3.63) is 22.9 Å². The van der Waals surface area contributed by atoms with Crippen LogP contribution in [0.15, 0.2) is 6.07 Å². The van der Waals surface area contributed by atoms with Crippen LogP contribution in [0.3, 0.4) is 0 Å². The van der Waals surface area contributed by atoms with E-state index in [9.17, 15) is 13.2 Å². The highest BCUT2D eigenvalue weighted by atomic mass is 19.4. The van der Waals surface area contributed by atoms with Crippen LogP contribution in [-0.4, -0.2) is 11.3 Å². The Bertz CT molecular complexity index is 451. The molecule has 1 rings (SSSR count). The molecule has 0 aliphatic carbocycles. The van der Waals surface area contributed by atoms with Crippen molar-refractivity contribution in [1.29, 1.82) is 5.26 Å². The standard InChI is InChI=1S/C10H10F3N3O/c1-6-7(5-15)4-8(2-3-14)16-9(6)17-10(11,12)13/h4H,2,5,15H2,1H3. The summed E-state index contributed by atoms with van der Waals surface area (Å²) in [6.45, 7) is 1.49. The van der Waals surface area contributed by atoms with Crippen LogP contribution in [0.5, 0.6) is 5.88 Å². The zero-order chi connectivity index (χ0) is 13.1. The maximum atomic E-state index is 12.1. The van der Waals surface area contributed by atoms with Crippen molar-refractivity contribution < 1.29 is 17.9 Å². The Morgan fingerprint density at radius 3 is 2.65 bits per heavy atom. The molecule has 92 valence electrons. The van der Waals surface area contributed by atoms with E-state index in [1.54, 1.807) is 6.07 Å². The lowest BCUT2D eigenvalue weighted by atomic mass is 10.1. The Morgan fingerprint density at radius 2 is 2.18 bits per heavy atom. The lowest BCUT2D eigenvalue weighted by Crippen LogP contribution is -2.20. The average Bonchev–Trinajstić information content (AvgIpc) is 2.21. The number of aromatic nitrogens is 1. The summed E-state index contributed by atoms with van der Waals surface area (Å²) in [4.78, 5) is 3.64. The van der Waals surface area contributed by atoms with Crippen molar-refractivity contribution in [3.8, 4) is 11.9 Å². The molecule has 0 amide bonds. The van der Waals surface area contributed by atoms with Gasteiger partial charge < -0.3 is 10.5 Å². The molecule has 0 fully saturated rings. The Hall–Kier alpha value is -1.81. The van der Waals surface area contributed by atoms with Gasteiger partial charge in [0.1, 0.15) is 0 Å². The summed E-state index contributed by atoms with van der Waals surface area (Å²) in [5.41, 5.74) is 6.31. The summed E-state index contributed by atoms with van der Waals surface area (Å²) in [5.74, 6) is -0.550. The molecule has 0 saturated heterocycles. The largest absolute Gasteiger partial charge is 0.574 e. The number of halogens is 3. The Kier molecular flexibility index (Phi) is 3.91. The molecule has 0 aromatic carbocycles. The molecule has 0 unspecified atom stereocenters. The van der Waals surface area contributed by atoms with Crippen LogP contribution in [-0.2, 0) is 13.0 Å². The number of nitrogens with two attached hydrogens (primary N) is 1. The predicted molar refractivity (Wildman–Crippen MR) is 52.9 cm³/mol. The number of rotatable bonds is 3. The molecular formula is C10H10F3N3O. The molecule has 0 saturated carbocycles. The van der Waals surface area contributed by atoms with Crippen LogP contribution >= 0.6 is 0 Å². The molecule has 0 atom stereocenters. The van der Waals surface area contributed by atoms with Gasteiger partial charge in [0.15, 0.2) is 0 Å². The van der Waals surface area contributed by atoms with Crippen molar-refractivity contribution in [2.24, 2.45) is 5.73 Å². The van der Waals surface area contributed by atoms with Crippen molar-refractivity contribution in [2.75, 3.05) is 0 Å². The van der Waals surface area contributed by atoms with E-state index in [4.69, 9.17) is 11.0 Å². The van der Waals surface area contributed by atoms with E-state index in [1.165, 1.54) is 13.0 Å². The Morgan fingerprint density at radius 1 is 1.53 bits per heavy atom. The van der Waals surface area contributed by atoms with Gasteiger partial charge in [-0.1, -0.05) is 0 Å². The van der Waals surface area contributed by atoms with Gasteiger partial charge in [0.2, 0.25) is 5.88 Å². The van der Waals surface area contributed by atoms with Crippen LogP contribution in [0.4, 0.5) is 13.2 Å². The van der Waals surface area contributed by atoms with E-state index < -0.39 is 12.2 Å². The minimum Gasteiger partial charge on any atom is -0.388 e. The normalized spacial score (nSPS) is 11.1. The second kappa shape index (κ2) is 5.01. The lowest BCUT2D eigenvalue weighted by molar-refractivity contribution is -0.276. The summed E-state index contributed by atoms with van der Waals surface area (Å²) in [6, 6.07) is 3.31. The van der Waals surface area contributed by atoms with Crippen molar-refractivity contribution in [2.45, 2.75) is 26.3 Å². The van der Waals surface area contributed by atoms with Gasteiger partial charge in [0, 0.05) is 12.1 Å². The van der Waals surface area contributed by atoms with Crippen molar-refractivity contribution >= 4 is 0 Å². The van der Waals surface area contributed by atoms with E-state index in [2.05, 4.69) is 9.72 Å². The van der Waals surface area contributed by atoms with E-state index >= 15 is 0 Å². The summed E-state index contributed by atoms with van der Waals surface area (Å²) in [6.07, 6.45) is -4.91. The monoisotopic (exact) mass is 245 g/mol. The minimum atomic E-state index is -4.81. The lowest BCUT2D eigenvalue weighted by Gasteiger charge is -2.13. The number of alkyl halides is 3. The molecule has 1 aromatic heterocycles. The third-order valence-corrected chi connectivity index (χ3v) is 2.08. The Labute approximate surface area is 95.8 Å². The first kappa shape index (κ1) is 13.3. The molecule has 7 heteroatoms. The first-order valence-electron chi connectivity index (χ1n) is 4.69. The molecular weight excluding hydrogens is 235 g/mol. The molecule has 1 heterocycles. The van der Waals surface area contributed by atoms with Gasteiger partial charge in [-0.15, -0.1) is 13.2 Å². The van der Waals surface area contributed by atoms with E-state index in [0.29, 0.717) is 5.56 Å². The average molecular weight is 245 g/mol. The molecule has 1 aromatic rings. The number of hydrogen-bond donors (Lipinski definition) is 1. The van der Waals surface area contributed by atoms with Gasteiger partial charge in [-0.05, 0) is 18.6 Å². The van der Waals surface area contributed by atoms with Crippen molar-refractivity contribution in [1.82, 2.24) is 4.98 Å². The molecule has 0 radical (unpaired) electrons. The zero-order valence-electron chi connectivity index (χ0n) is 9.01. The molecule has 0 aliphatic heterocycles. The van der Waals surface area contributed by atoms with E-state index in [1.807, 2.05) is 0 Å². The van der Waals surface area contributed by atoms with Gasteiger partial charge in [0.05, 0.1) is 18.2 Å². The first-order valence-corrected chi connectivity index (χ1v) is 4.69. The number of nitriles is 1. The molecule has 0 bridgehead atoms. The molecule has 0 aliphatic rings. The number of pyridine rings is 1. The molecule has 0 spiro atoms. The first-order chi connectivity index (χ1) is 7.87. The maximum absolute atomic E-state index is 12.1. The van der Waals surface area contributed by atoms with E-state index in [0.717, 1.165) is 0 Å². The third-order valence-electron chi connectivity index (χ3n) is 2.08. The Balaban J connectivity index is 3.19. The van der Waals surface area contributed by atoms with Crippen LogP contribution in [0.1, 0.15) is 16.8 Å². The fourth-order valence-electron chi connectivity index (χ4n) is 1.29. The van der Waals surface area contributed by atoms with Gasteiger partial charge in [-0.3, -0.25) is 0 Å². The number of hydrogen-bond acceptors (Lipinski definition) is 4. The third kappa shape index (κ3) is 3.60. The van der Waals surface area contributed by atoms with E-state index in [-0.39, 0.29) is 24.2 Å². The van der Waals surface area contributed by atoms with Gasteiger partial charge in [-0.25, -0.2) is 4.98 Å². The summed E-state index contributed by atoms with van der Waals surface area (Å²) in [7, 11) is 0. The van der Waals surface area contributed by atoms with Gasteiger partial charge in [-0.2, -0.15) is 5.26 Å². The number of ether oxygens (including phenoxy) is 1. The minimum absolute atomic E-state index is 0.0565. The van der Waals surface area contributed by atoms with Gasteiger partial charge >= 0.3 is 6.36 Å². The highest BCUT2D eigenvalue weighted by Crippen LogP contribution is 2.26. The molecule has 17 heavy (non-hydrogen) atoms. The zero-order valence-corrected chi connectivity index (χ0v) is 9.01. The fourth-order valence-corrected chi connectivity index (χ4v) is 1.29.